The second-order valence-electron chi connectivity index (χ2n) is 5.16. The molecule has 2 fully saturated rings. The summed E-state index contributed by atoms with van der Waals surface area (Å²) in [5, 5.41) is 3.26. The van der Waals surface area contributed by atoms with Crippen LogP contribution in [-0.4, -0.2) is 11.5 Å². The molecular formula is C13H17FN2. The molecule has 1 aromatic rings. The summed E-state index contributed by atoms with van der Waals surface area (Å²) in [5.74, 6) is 2.92. The molecule has 3 heteroatoms. The van der Waals surface area contributed by atoms with Gasteiger partial charge in [-0.25, -0.2) is 4.98 Å². The molecule has 1 heterocycles. The Morgan fingerprint density at radius 3 is 2.94 bits per heavy atom. The van der Waals surface area contributed by atoms with Crippen LogP contribution in [-0.2, 0) is 0 Å². The van der Waals surface area contributed by atoms with Gasteiger partial charge in [-0.2, -0.15) is 4.39 Å². The lowest BCUT2D eigenvalue weighted by molar-refractivity contribution is 0.348. The normalized spacial score (nSPS) is 31.9. The molecule has 1 N–H and O–H groups in total. The highest BCUT2D eigenvalue weighted by atomic mass is 19.1. The minimum atomic E-state index is -0.405. The summed E-state index contributed by atoms with van der Waals surface area (Å²) in [6.45, 7) is 0.956. The van der Waals surface area contributed by atoms with E-state index >= 15 is 0 Å². The highest BCUT2D eigenvalue weighted by Crippen LogP contribution is 2.48. The van der Waals surface area contributed by atoms with Crippen molar-refractivity contribution in [3.63, 3.8) is 0 Å². The zero-order valence-corrected chi connectivity index (χ0v) is 9.32. The SMILES string of the molecule is Fc1cccc(NCC2CC3CCC2C3)n1. The van der Waals surface area contributed by atoms with Crippen LogP contribution in [0.1, 0.15) is 25.7 Å². The molecule has 1 aromatic heterocycles. The number of hydrogen-bond acceptors (Lipinski definition) is 2. The number of nitrogens with zero attached hydrogens (tertiary/aromatic N) is 1. The number of nitrogens with one attached hydrogen (secondary N) is 1. The molecule has 3 atom stereocenters. The van der Waals surface area contributed by atoms with Crippen LogP contribution < -0.4 is 5.32 Å². The van der Waals surface area contributed by atoms with Gasteiger partial charge in [0.2, 0.25) is 5.95 Å². The van der Waals surface area contributed by atoms with Gasteiger partial charge in [0, 0.05) is 6.54 Å². The lowest BCUT2D eigenvalue weighted by Crippen LogP contribution is -2.20. The second kappa shape index (κ2) is 4.04. The molecule has 0 spiro atoms. The fourth-order valence-corrected chi connectivity index (χ4v) is 3.37. The fraction of sp³-hybridized carbons (Fsp3) is 0.615. The van der Waals surface area contributed by atoms with Gasteiger partial charge in [0.15, 0.2) is 0 Å². The van der Waals surface area contributed by atoms with E-state index in [-0.39, 0.29) is 0 Å². The first-order valence-corrected chi connectivity index (χ1v) is 6.17. The number of anilines is 1. The third-order valence-electron chi connectivity index (χ3n) is 4.15. The largest absolute Gasteiger partial charge is 0.370 e. The topological polar surface area (TPSA) is 24.9 Å². The number of aromatic nitrogens is 1. The Morgan fingerprint density at radius 2 is 2.25 bits per heavy atom. The van der Waals surface area contributed by atoms with Crippen molar-refractivity contribution < 1.29 is 4.39 Å². The number of pyridine rings is 1. The van der Waals surface area contributed by atoms with Crippen LogP contribution in [0.5, 0.6) is 0 Å². The lowest BCUT2D eigenvalue weighted by Gasteiger charge is -2.21. The molecule has 0 saturated heterocycles. The van der Waals surface area contributed by atoms with Crippen molar-refractivity contribution in [3.8, 4) is 0 Å². The molecule has 0 aliphatic heterocycles. The Kier molecular flexibility index (Phi) is 2.54. The van der Waals surface area contributed by atoms with Crippen LogP contribution in [0.3, 0.4) is 0 Å². The predicted octanol–water partition coefficient (Wildman–Crippen LogP) is 3.07. The Balaban J connectivity index is 1.57. The first-order chi connectivity index (χ1) is 7.81. The van der Waals surface area contributed by atoms with Crippen molar-refractivity contribution in [3.05, 3.63) is 24.1 Å². The average molecular weight is 220 g/mol. The third kappa shape index (κ3) is 1.91. The van der Waals surface area contributed by atoms with E-state index in [1.54, 1.807) is 6.07 Å². The van der Waals surface area contributed by atoms with Gasteiger partial charge in [-0.15, -0.1) is 0 Å². The van der Waals surface area contributed by atoms with Crippen molar-refractivity contribution >= 4 is 5.82 Å². The number of hydrogen-bond donors (Lipinski definition) is 1. The number of rotatable bonds is 3. The van der Waals surface area contributed by atoms with Crippen molar-refractivity contribution in [1.82, 2.24) is 4.98 Å². The van der Waals surface area contributed by atoms with E-state index in [2.05, 4.69) is 10.3 Å². The Bertz CT molecular complexity index is 380. The summed E-state index contributed by atoms with van der Waals surface area (Å²) < 4.78 is 12.9. The molecule has 16 heavy (non-hydrogen) atoms. The third-order valence-corrected chi connectivity index (χ3v) is 4.15. The smallest absolute Gasteiger partial charge is 0.214 e. The van der Waals surface area contributed by atoms with Crippen molar-refractivity contribution in [2.75, 3.05) is 11.9 Å². The van der Waals surface area contributed by atoms with Crippen LogP contribution in [0.2, 0.25) is 0 Å². The maximum Gasteiger partial charge on any atom is 0.214 e. The molecule has 2 saturated carbocycles. The molecule has 3 unspecified atom stereocenters. The van der Waals surface area contributed by atoms with Crippen LogP contribution in [0.15, 0.2) is 18.2 Å². The molecule has 2 aliphatic rings. The first-order valence-electron chi connectivity index (χ1n) is 6.17. The summed E-state index contributed by atoms with van der Waals surface area (Å²) in [7, 11) is 0. The van der Waals surface area contributed by atoms with E-state index in [4.69, 9.17) is 0 Å². The summed E-state index contributed by atoms with van der Waals surface area (Å²) >= 11 is 0. The predicted molar refractivity (Wildman–Crippen MR) is 61.6 cm³/mol. The van der Waals surface area contributed by atoms with Crippen LogP contribution in [0.4, 0.5) is 10.2 Å². The zero-order valence-electron chi connectivity index (χ0n) is 9.32. The standard InChI is InChI=1S/C13H17FN2/c14-12-2-1-3-13(16-12)15-8-11-7-9-4-5-10(11)6-9/h1-3,9-11H,4-8H2,(H,15,16). The molecule has 0 aromatic carbocycles. The quantitative estimate of drug-likeness (QED) is 0.792. The van der Waals surface area contributed by atoms with Gasteiger partial charge in [-0.3, -0.25) is 0 Å². The van der Waals surface area contributed by atoms with Gasteiger partial charge < -0.3 is 5.32 Å². The van der Waals surface area contributed by atoms with Crippen LogP contribution in [0.25, 0.3) is 0 Å². The van der Waals surface area contributed by atoms with Gasteiger partial charge in [0.25, 0.3) is 0 Å². The lowest BCUT2D eigenvalue weighted by atomic mass is 9.89. The van der Waals surface area contributed by atoms with Gasteiger partial charge in [0.05, 0.1) is 0 Å². The molecule has 0 radical (unpaired) electrons. The van der Waals surface area contributed by atoms with E-state index in [1.165, 1.54) is 31.7 Å². The summed E-state index contributed by atoms with van der Waals surface area (Å²) in [6, 6.07) is 4.91. The number of fused-ring (bicyclic) bond motifs is 2. The van der Waals surface area contributed by atoms with Crippen molar-refractivity contribution in [1.29, 1.82) is 0 Å². The monoisotopic (exact) mass is 220 g/mol. The van der Waals surface area contributed by atoms with Gasteiger partial charge in [0.1, 0.15) is 5.82 Å². The molecule has 2 nitrogen and oxygen atoms in total. The minimum absolute atomic E-state index is 0.405. The summed E-state index contributed by atoms with van der Waals surface area (Å²) in [6.07, 6.45) is 5.60. The fourth-order valence-electron chi connectivity index (χ4n) is 3.37. The maximum atomic E-state index is 12.9. The zero-order chi connectivity index (χ0) is 11.0. The second-order valence-corrected chi connectivity index (χ2v) is 5.16. The summed E-state index contributed by atoms with van der Waals surface area (Å²) in [4.78, 5) is 3.82. The molecule has 86 valence electrons. The van der Waals surface area contributed by atoms with Crippen LogP contribution in [0, 0.1) is 23.7 Å². The molecule has 2 aliphatic carbocycles. The van der Waals surface area contributed by atoms with Crippen LogP contribution >= 0.6 is 0 Å². The van der Waals surface area contributed by atoms with E-state index in [0.717, 1.165) is 24.3 Å². The van der Waals surface area contributed by atoms with Gasteiger partial charge in [-0.05, 0) is 49.1 Å². The Morgan fingerprint density at radius 1 is 1.31 bits per heavy atom. The maximum absolute atomic E-state index is 12.9. The Labute approximate surface area is 95.3 Å². The summed E-state index contributed by atoms with van der Waals surface area (Å²) in [5.41, 5.74) is 0. The molecular weight excluding hydrogens is 203 g/mol. The Hall–Kier alpha value is -1.12. The van der Waals surface area contributed by atoms with Gasteiger partial charge >= 0.3 is 0 Å². The van der Waals surface area contributed by atoms with Crippen molar-refractivity contribution in [2.24, 2.45) is 17.8 Å². The number of halogens is 1. The van der Waals surface area contributed by atoms with E-state index < -0.39 is 5.95 Å². The average Bonchev–Trinajstić information content (AvgIpc) is 2.88. The minimum Gasteiger partial charge on any atom is -0.370 e. The molecule has 2 bridgehead atoms. The van der Waals surface area contributed by atoms with E-state index in [9.17, 15) is 4.39 Å². The highest BCUT2D eigenvalue weighted by molar-refractivity contribution is 5.33. The highest BCUT2D eigenvalue weighted by Gasteiger charge is 2.38. The first kappa shape index (κ1) is 10.1. The van der Waals surface area contributed by atoms with Crippen molar-refractivity contribution in [2.45, 2.75) is 25.7 Å². The molecule has 3 rings (SSSR count). The van der Waals surface area contributed by atoms with E-state index in [1.807, 2.05) is 6.07 Å². The molecule has 0 amide bonds. The van der Waals surface area contributed by atoms with E-state index in [0.29, 0.717) is 5.82 Å². The van der Waals surface area contributed by atoms with Gasteiger partial charge in [-0.1, -0.05) is 12.5 Å².